The van der Waals surface area contributed by atoms with Crippen molar-refractivity contribution >= 4 is 0 Å². The fourth-order valence-electron chi connectivity index (χ4n) is 2.51. The number of hydrogen-bond acceptors (Lipinski definition) is 2. The van der Waals surface area contributed by atoms with E-state index in [1.807, 2.05) is 0 Å². The molecule has 1 fully saturated rings. The van der Waals surface area contributed by atoms with Crippen LogP contribution in [-0.2, 0) is 0 Å². The van der Waals surface area contributed by atoms with Crippen molar-refractivity contribution in [3.05, 3.63) is 0 Å². The van der Waals surface area contributed by atoms with Crippen molar-refractivity contribution in [1.82, 2.24) is 10.2 Å². The third-order valence-corrected chi connectivity index (χ3v) is 2.94. The van der Waals surface area contributed by atoms with Gasteiger partial charge in [0.1, 0.15) is 0 Å². The molecule has 0 aliphatic carbocycles. The number of rotatable bonds is 3. The third-order valence-electron chi connectivity index (χ3n) is 2.94. The Bertz CT molecular complexity index is 164. The highest BCUT2D eigenvalue weighted by atomic mass is 15.1. The van der Waals surface area contributed by atoms with Crippen LogP contribution in [0.4, 0.5) is 0 Å². The van der Waals surface area contributed by atoms with Crippen LogP contribution >= 0.6 is 0 Å². The number of likely N-dealkylation sites (N-methyl/N-ethyl adjacent to an activating group) is 1. The summed E-state index contributed by atoms with van der Waals surface area (Å²) in [6.07, 6.45) is 5.53. The van der Waals surface area contributed by atoms with Gasteiger partial charge < -0.3 is 10.2 Å². The van der Waals surface area contributed by atoms with Gasteiger partial charge in [-0.05, 0) is 31.8 Å². The molecule has 1 rings (SSSR count). The normalized spacial score (nSPS) is 24.2. The summed E-state index contributed by atoms with van der Waals surface area (Å²) in [6, 6.07) is 0.722. The first-order chi connectivity index (χ1) is 6.97. The van der Waals surface area contributed by atoms with Crippen molar-refractivity contribution < 1.29 is 0 Å². The topological polar surface area (TPSA) is 15.3 Å². The summed E-state index contributed by atoms with van der Waals surface area (Å²) in [5, 5.41) is 3.66. The molecular weight excluding hydrogens is 184 g/mol. The molecule has 1 unspecified atom stereocenters. The van der Waals surface area contributed by atoms with Crippen LogP contribution in [0.5, 0.6) is 0 Å². The first-order valence-corrected chi connectivity index (χ1v) is 6.39. The molecule has 0 aromatic rings. The molecule has 0 saturated carbocycles. The quantitative estimate of drug-likeness (QED) is 0.773. The Morgan fingerprint density at radius 1 is 1.20 bits per heavy atom. The van der Waals surface area contributed by atoms with E-state index in [0.29, 0.717) is 5.41 Å². The molecular formula is C13H28N2. The molecule has 0 bridgehead atoms. The zero-order valence-corrected chi connectivity index (χ0v) is 11.0. The molecule has 1 atom stereocenters. The first-order valence-electron chi connectivity index (χ1n) is 6.39. The van der Waals surface area contributed by atoms with Gasteiger partial charge in [-0.15, -0.1) is 0 Å². The molecule has 1 aliphatic rings. The number of nitrogens with one attached hydrogen (secondary N) is 1. The van der Waals surface area contributed by atoms with Crippen LogP contribution in [0.2, 0.25) is 0 Å². The lowest BCUT2D eigenvalue weighted by Crippen LogP contribution is -2.41. The Kier molecular flexibility index (Phi) is 5.07. The fraction of sp³-hybridized carbons (Fsp3) is 1.00. The maximum atomic E-state index is 3.66. The molecule has 1 N–H and O–H groups in total. The summed E-state index contributed by atoms with van der Waals surface area (Å²) in [7, 11) is 2.25. The van der Waals surface area contributed by atoms with Crippen molar-refractivity contribution in [2.24, 2.45) is 5.41 Å². The predicted molar refractivity (Wildman–Crippen MR) is 67.2 cm³/mol. The van der Waals surface area contributed by atoms with E-state index in [-0.39, 0.29) is 0 Å². The van der Waals surface area contributed by atoms with Gasteiger partial charge >= 0.3 is 0 Å². The lowest BCUT2D eigenvalue weighted by atomic mass is 9.96. The number of hydrogen-bond donors (Lipinski definition) is 1. The van der Waals surface area contributed by atoms with Crippen molar-refractivity contribution in [3.63, 3.8) is 0 Å². The minimum atomic E-state index is 0.416. The summed E-state index contributed by atoms with van der Waals surface area (Å²) in [5.74, 6) is 0. The van der Waals surface area contributed by atoms with Crippen molar-refractivity contribution in [2.45, 2.75) is 52.5 Å². The van der Waals surface area contributed by atoms with Gasteiger partial charge in [-0.1, -0.05) is 33.6 Å². The standard InChI is InChI=1S/C13H28N2/c1-13(2,3)11-15(4)10-12-8-6-5-7-9-14-12/h12,14H,5-11H2,1-4H3. The highest BCUT2D eigenvalue weighted by Crippen LogP contribution is 2.15. The second kappa shape index (κ2) is 5.86. The van der Waals surface area contributed by atoms with Gasteiger partial charge in [-0.3, -0.25) is 0 Å². The summed E-state index contributed by atoms with van der Waals surface area (Å²) in [4.78, 5) is 2.48. The smallest absolute Gasteiger partial charge is 0.0194 e. The predicted octanol–water partition coefficient (Wildman–Crippen LogP) is 2.50. The second-order valence-corrected chi connectivity index (χ2v) is 6.26. The van der Waals surface area contributed by atoms with E-state index >= 15 is 0 Å². The Morgan fingerprint density at radius 2 is 1.93 bits per heavy atom. The molecule has 0 amide bonds. The Hall–Kier alpha value is -0.0800. The lowest BCUT2D eigenvalue weighted by Gasteiger charge is -2.29. The molecule has 1 heterocycles. The zero-order chi connectivity index (χ0) is 11.3. The Balaban J connectivity index is 2.26. The maximum absolute atomic E-state index is 3.66. The van der Waals surface area contributed by atoms with Gasteiger partial charge in [0.25, 0.3) is 0 Å². The average Bonchev–Trinajstić information content (AvgIpc) is 2.28. The molecule has 0 aromatic heterocycles. The Morgan fingerprint density at radius 3 is 2.60 bits per heavy atom. The fourth-order valence-corrected chi connectivity index (χ4v) is 2.51. The summed E-state index contributed by atoms with van der Waals surface area (Å²) < 4.78 is 0. The van der Waals surface area contributed by atoms with E-state index in [2.05, 4.69) is 38.0 Å². The molecule has 2 nitrogen and oxygen atoms in total. The van der Waals surface area contributed by atoms with Gasteiger partial charge in [-0.2, -0.15) is 0 Å². The van der Waals surface area contributed by atoms with Gasteiger partial charge in [0.2, 0.25) is 0 Å². The minimum absolute atomic E-state index is 0.416. The van der Waals surface area contributed by atoms with Crippen molar-refractivity contribution in [1.29, 1.82) is 0 Å². The van der Waals surface area contributed by atoms with Crippen LogP contribution in [0.15, 0.2) is 0 Å². The zero-order valence-electron chi connectivity index (χ0n) is 11.0. The van der Waals surface area contributed by atoms with Crippen LogP contribution in [0, 0.1) is 5.41 Å². The van der Waals surface area contributed by atoms with Gasteiger partial charge in [0, 0.05) is 19.1 Å². The first kappa shape index (κ1) is 13.0. The average molecular weight is 212 g/mol. The molecule has 0 radical (unpaired) electrons. The van der Waals surface area contributed by atoms with Crippen LogP contribution in [0.1, 0.15) is 46.5 Å². The van der Waals surface area contributed by atoms with Crippen LogP contribution < -0.4 is 5.32 Å². The van der Waals surface area contributed by atoms with Gasteiger partial charge in [0.05, 0.1) is 0 Å². The molecule has 2 heteroatoms. The minimum Gasteiger partial charge on any atom is -0.313 e. The Labute approximate surface area is 95.4 Å². The van der Waals surface area contributed by atoms with E-state index in [0.717, 1.165) is 6.04 Å². The number of nitrogens with zero attached hydrogens (tertiary/aromatic N) is 1. The van der Waals surface area contributed by atoms with Gasteiger partial charge in [-0.25, -0.2) is 0 Å². The van der Waals surface area contributed by atoms with E-state index in [1.165, 1.54) is 45.3 Å². The molecule has 1 saturated heterocycles. The van der Waals surface area contributed by atoms with Crippen LogP contribution in [0.3, 0.4) is 0 Å². The third kappa shape index (κ3) is 6.16. The van der Waals surface area contributed by atoms with E-state index in [4.69, 9.17) is 0 Å². The summed E-state index contributed by atoms with van der Waals surface area (Å²) in [5.41, 5.74) is 0.416. The van der Waals surface area contributed by atoms with Crippen LogP contribution in [0.25, 0.3) is 0 Å². The maximum Gasteiger partial charge on any atom is 0.0194 e. The second-order valence-electron chi connectivity index (χ2n) is 6.26. The molecule has 15 heavy (non-hydrogen) atoms. The molecule has 90 valence electrons. The van der Waals surface area contributed by atoms with Crippen molar-refractivity contribution in [3.8, 4) is 0 Å². The summed E-state index contributed by atoms with van der Waals surface area (Å²) in [6.45, 7) is 10.5. The van der Waals surface area contributed by atoms with E-state index in [9.17, 15) is 0 Å². The monoisotopic (exact) mass is 212 g/mol. The molecule has 0 spiro atoms. The summed E-state index contributed by atoms with van der Waals surface area (Å²) >= 11 is 0. The van der Waals surface area contributed by atoms with Crippen LogP contribution in [-0.4, -0.2) is 37.6 Å². The van der Waals surface area contributed by atoms with E-state index < -0.39 is 0 Å². The highest BCUT2D eigenvalue weighted by molar-refractivity contribution is 4.76. The largest absolute Gasteiger partial charge is 0.313 e. The molecule has 1 aliphatic heterocycles. The molecule has 0 aromatic carbocycles. The van der Waals surface area contributed by atoms with Crippen molar-refractivity contribution in [2.75, 3.05) is 26.7 Å². The lowest BCUT2D eigenvalue weighted by molar-refractivity contribution is 0.206. The van der Waals surface area contributed by atoms with Gasteiger partial charge in [0.15, 0.2) is 0 Å². The highest BCUT2D eigenvalue weighted by Gasteiger charge is 2.17. The van der Waals surface area contributed by atoms with E-state index in [1.54, 1.807) is 0 Å². The SMILES string of the molecule is CN(CC1CCCCCN1)CC(C)(C)C.